The van der Waals surface area contributed by atoms with Crippen LogP contribution in [0.25, 0.3) is 11.3 Å². The van der Waals surface area contributed by atoms with Crippen LogP contribution in [-0.4, -0.2) is 0 Å². The van der Waals surface area contributed by atoms with Crippen LogP contribution in [0, 0.1) is 0 Å². The fourth-order valence-corrected chi connectivity index (χ4v) is 2.65. The first-order chi connectivity index (χ1) is 7.93. The summed E-state index contributed by atoms with van der Waals surface area (Å²) in [5, 5.41) is 0. The van der Waals surface area contributed by atoms with E-state index in [-0.39, 0.29) is 0 Å². The van der Waals surface area contributed by atoms with Crippen molar-refractivity contribution in [1.29, 1.82) is 0 Å². The first-order valence-electron chi connectivity index (χ1n) is 6.07. The van der Waals surface area contributed by atoms with Crippen LogP contribution >= 0.6 is 0 Å². The van der Waals surface area contributed by atoms with Gasteiger partial charge >= 0.3 is 0 Å². The van der Waals surface area contributed by atoms with E-state index >= 15 is 0 Å². The molecule has 1 nitrogen and oxygen atoms in total. The molecule has 0 radical (unpaired) electrons. The molecule has 0 N–H and O–H groups in total. The summed E-state index contributed by atoms with van der Waals surface area (Å²) in [6.07, 6.45) is 7.20. The summed E-state index contributed by atoms with van der Waals surface area (Å²) in [5.74, 6) is 1.75. The Morgan fingerprint density at radius 2 is 1.88 bits per heavy atom. The van der Waals surface area contributed by atoms with Gasteiger partial charge in [-0.15, -0.1) is 0 Å². The van der Waals surface area contributed by atoms with Gasteiger partial charge in [-0.2, -0.15) is 0 Å². The molecule has 0 spiro atoms. The van der Waals surface area contributed by atoms with Crippen molar-refractivity contribution in [3.63, 3.8) is 0 Å². The summed E-state index contributed by atoms with van der Waals surface area (Å²) in [7, 11) is 0. The zero-order valence-corrected chi connectivity index (χ0v) is 9.36. The van der Waals surface area contributed by atoms with Crippen molar-refractivity contribution in [2.45, 2.75) is 31.6 Å². The molecular weight excluding hydrogens is 196 g/mol. The second kappa shape index (κ2) is 4.17. The Morgan fingerprint density at radius 3 is 2.62 bits per heavy atom. The van der Waals surface area contributed by atoms with Crippen LogP contribution in [0.2, 0.25) is 0 Å². The molecule has 1 fully saturated rings. The minimum atomic E-state index is 0.773. The topological polar surface area (TPSA) is 13.1 Å². The molecule has 0 amide bonds. The van der Waals surface area contributed by atoms with Crippen molar-refractivity contribution in [1.82, 2.24) is 0 Å². The Labute approximate surface area is 96.1 Å². The normalized spacial score (nSPS) is 16.8. The van der Waals surface area contributed by atoms with E-state index in [1.807, 2.05) is 12.1 Å². The minimum Gasteiger partial charge on any atom is -0.464 e. The third-order valence-corrected chi connectivity index (χ3v) is 3.52. The maximum atomic E-state index is 5.44. The molecule has 82 valence electrons. The van der Waals surface area contributed by atoms with E-state index in [2.05, 4.69) is 24.3 Å². The van der Waals surface area contributed by atoms with Crippen molar-refractivity contribution < 1.29 is 4.42 Å². The molecule has 1 aliphatic carbocycles. The lowest BCUT2D eigenvalue weighted by Gasteiger charge is -2.10. The Bertz CT molecular complexity index is 450. The predicted molar refractivity (Wildman–Crippen MR) is 65.4 cm³/mol. The molecule has 0 unspecified atom stereocenters. The fraction of sp³-hybridized carbons (Fsp3) is 0.333. The highest BCUT2D eigenvalue weighted by atomic mass is 16.3. The lowest BCUT2D eigenvalue weighted by Crippen LogP contribution is -1.91. The lowest BCUT2D eigenvalue weighted by molar-refractivity contribution is 0.582. The molecule has 1 aromatic heterocycles. The predicted octanol–water partition coefficient (Wildman–Crippen LogP) is 4.60. The van der Waals surface area contributed by atoms with Crippen LogP contribution < -0.4 is 0 Å². The Kier molecular flexibility index (Phi) is 2.53. The number of furan rings is 1. The molecule has 1 aromatic carbocycles. The van der Waals surface area contributed by atoms with Crippen LogP contribution in [0.15, 0.2) is 47.1 Å². The molecule has 1 heterocycles. The Hall–Kier alpha value is -1.50. The van der Waals surface area contributed by atoms with E-state index < -0.39 is 0 Å². The molecule has 0 bridgehead atoms. The van der Waals surface area contributed by atoms with Crippen molar-refractivity contribution in [2.75, 3.05) is 0 Å². The van der Waals surface area contributed by atoms with E-state index in [0.717, 1.165) is 11.7 Å². The quantitative estimate of drug-likeness (QED) is 0.708. The maximum absolute atomic E-state index is 5.44. The summed E-state index contributed by atoms with van der Waals surface area (Å²) in [6, 6.07) is 12.8. The highest BCUT2D eigenvalue weighted by molar-refractivity contribution is 5.58. The van der Waals surface area contributed by atoms with Crippen molar-refractivity contribution >= 4 is 0 Å². The van der Waals surface area contributed by atoms with E-state index in [0.29, 0.717) is 0 Å². The molecule has 0 saturated heterocycles. The molecule has 3 rings (SSSR count). The molecule has 0 atom stereocenters. The second-order valence-electron chi connectivity index (χ2n) is 4.58. The SMILES string of the molecule is c1cc(-c2ccco2)cc(C2CCCC2)c1. The molecule has 1 heteroatoms. The zero-order valence-electron chi connectivity index (χ0n) is 9.36. The maximum Gasteiger partial charge on any atom is 0.133 e. The van der Waals surface area contributed by atoms with Gasteiger partial charge in [-0.05, 0) is 42.5 Å². The smallest absolute Gasteiger partial charge is 0.133 e. The number of benzene rings is 1. The summed E-state index contributed by atoms with van der Waals surface area (Å²) in [5.41, 5.74) is 2.68. The zero-order chi connectivity index (χ0) is 10.8. The van der Waals surface area contributed by atoms with E-state index in [1.54, 1.807) is 6.26 Å². The lowest BCUT2D eigenvalue weighted by atomic mass is 9.95. The van der Waals surface area contributed by atoms with Crippen molar-refractivity contribution in [3.05, 3.63) is 48.2 Å². The fourth-order valence-electron chi connectivity index (χ4n) is 2.65. The van der Waals surface area contributed by atoms with Crippen molar-refractivity contribution in [3.8, 4) is 11.3 Å². The summed E-state index contributed by atoms with van der Waals surface area (Å²) in [6.45, 7) is 0. The van der Waals surface area contributed by atoms with Gasteiger partial charge in [0.1, 0.15) is 5.76 Å². The van der Waals surface area contributed by atoms with Crippen LogP contribution in [0.3, 0.4) is 0 Å². The van der Waals surface area contributed by atoms with Gasteiger partial charge in [0.05, 0.1) is 6.26 Å². The Morgan fingerprint density at radius 1 is 1.00 bits per heavy atom. The highest BCUT2D eigenvalue weighted by Crippen LogP contribution is 2.35. The van der Waals surface area contributed by atoms with Crippen LogP contribution in [0.4, 0.5) is 0 Å². The molecule has 0 aliphatic heterocycles. The Balaban J connectivity index is 1.93. The molecule has 1 aliphatic rings. The van der Waals surface area contributed by atoms with E-state index in [1.165, 1.54) is 36.8 Å². The van der Waals surface area contributed by atoms with Crippen molar-refractivity contribution in [2.24, 2.45) is 0 Å². The van der Waals surface area contributed by atoms with Gasteiger partial charge in [0, 0.05) is 5.56 Å². The largest absolute Gasteiger partial charge is 0.464 e. The highest BCUT2D eigenvalue weighted by Gasteiger charge is 2.17. The summed E-state index contributed by atoms with van der Waals surface area (Å²) >= 11 is 0. The van der Waals surface area contributed by atoms with Crippen LogP contribution in [0.5, 0.6) is 0 Å². The number of hydrogen-bond acceptors (Lipinski definition) is 1. The average molecular weight is 212 g/mol. The van der Waals surface area contributed by atoms with Gasteiger partial charge in [-0.3, -0.25) is 0 Å². The molecule has 1 saturated carbocycles. The minimum absolute atomic E-state index is 0.773. The first-order valence-corrected chi connectivity index (χ1v) is 6.07. The van der Waals surface area contributed by atoms with Gasteiger partial charge in [-0.25, -0.2) is 0 Å². The summed E-state index contributed by atoms with van der Waals surface area (Å²) in [4.78, 5) is 0. The standard InChI is InChI=1S/C15H16O/c1-2-6-12(5-1)13-7-3-8-14(11-13)15-9-4-10-16-15/h3-4,7-12H,1-2,5-6H2. The first kappa shape index (κ1) is 9.71. The monoisotopic (exact) mass is 212 g/mol. The summed E-state index contributed by atoms with van der Waals surface area (Å²) < 4.78 is 5.44. The van der Waals surface area contributed by atoms with Gasteiger partial charge < -0.3 is 4.42 Å². The number of hydrogen-bond donors (Lipinski definition) is 0. The van der Waals surface area contributed by atoms with Gasteiger partial charge in [0.25, 0.3) is 0 Å². The number of rotatable bonds is 2. The molecule has 16 heavy (non-hydrogen) atoms. The average Bonchev–Trinajstić information content (AvgIpc) is 3.03. The second-order valence-corrected chi connectivity index (χ2v) is 4.58. The van der Waals surface area contributed by atoms with E-state index in [9.17, 15) is 0 Å². The van der Waals surface area contributed by atoms with Gasteiger partial charge in [0.15, 0.2) is 0 Å². The van der Waals surface area contributed by atoms with E-state index in [4.69, 9.17) is 4.42 Å². The van der Waals surface area contributed by atoms with Gasteiger partial charge in [0.2, 0.25) is 0 Å². The molecular formula is C15H16O. The van der Waals surface area contributed by atoms with Crippen LogP contribution in [0.1, 0.15) is 37.2 Å². The molecule has 2 aromatic rings. The third kappa shape index (κ3) is 1.78. The van der Waals surface area contributed by atoms with Gasteiger partial charge in [-0.1, -0.05) is 31.0 Å². The third-order valence-electron chi connectivity index (χ3n) is 3.52. The van der Waals surface area contributed by atoms with Crippen LogP contribution in [-0.2, 0) is 0 Å².